The fourth-order valence-corrected chi connectivity index (χ4v) is 3.76. The molecule has 1 aromatic carbocycles. The minimum absolute atomic E-state index is 0.0116. The first-order valence-electron chi connectivity index (χ1n) is 8.16. The van der Waals surface area contributed by atoms with E-state index in [0.29, 0.717) is 23.4 Å². The molecule has 0 aromatic heterocycles. The van der Waals surface area contributed by atoms with E-state index in [4.69, 9.17) is 16.3 Å². The topological polar surface area (TPSA) is 70.1 Å². The highest BCUT2D eigenvalue weighted by Gasteiger charge is 2.54. The molecule has 0 saturated carbocycles. The highest BCUT2D eigenvalue weighted by molar-refractivity contribution is 6.33. The quantitative estimate of drug-likeness (QED) is 0.901. The van der Waals surface area contributed by atoms with Gasteiger partial charge in [0.25, 0.3) is 5.91 Å². The molecule has 1 aromatic rings. The summed E-state index contributed by atoms with van der Waals surface area (Å²) in [6.45, 7) is 4.57. The van der Waals surface area contributed by atoms with E-state index in [0.717, 1.165) is 19.6 Å². The normalized spacial score (nSPS) is 23.6. The minimum atomic E-state index is -1.05. The second kappa shape index (κ2) is 6.70. The second-order valence-corrected chi connectivity index (χ2v) is 6.61. The largest absolute Gasteiger partial charge is 0.480 e. The molecule has 1 N–H and O–H groups in total. The highest BCUT2D eigenvalue weighted by Crippen LogP contribution is 2.39. The molecule has 24 heavy (non-hydrogen) atoms. The van der Waals surface area contributed by atoms with Crippen molar-refractivity contribution in [2.45, 2.75) is 31.5 Å². The lowest BCUT2D eigenvalue weighted by Crippen LogP contribution is -2.58. The van der Waals surface area contributed by atoms with E-state index in [2.05, 4.69) is 11.8 Å². The first-order chi connectivity index (χ1) is 11.5. The van der Waals surface area contributed by atoms with Crippen molar-refractivity contribution in [1.82, 2.24) is 9.80 Å². The predicted octanol–water partition coefficient (Wildman–Crippen LogP) is 2.08. The number of halogens is 1. The third kappa shape index (κ3) is 2.90. The number of hydrogen-bond donors (Lipinski definition) is 1. The Balaban J connectivity index is 1.94. The van der Waals surface area contributed by atoms with Crippen molar-refractivity contribution in [2.24, 2.45) is 0 Å². The van der Waals surface area contributed by atoms with E-state index in [1.54, 1.807) is 24.3 Å². The molecule has 7 heteroatoms. The molecule has 0 radical (unpaired) electrons. The van der Waals surface area contributed by atoms with Crippen LogP contribution in [0.25, 0.3) is 0 Å². The number of carboxylic acids is 1. The maximum absolute atomic E-state index is 13.1. The highest BCUT2D eigenvalue weighted by atomic mass is 35.5. The summed E-state index contributed by atoms with van der Waals surface area (Å²) in [5.74, 6) is -1.43. The van der Waals surface area contributed by atoms with Crippen LogP contribution in [-0.2, 0) is 9.53 Å². The number of carbonyl (C=O) groups is 2. The number of benzene rings is 1. The lowest BCUT2D eigenvalue weighted by atomic mass is 9.96. The molecule has 3 rings (SSSR count). The lowest BCUT2D eigenvalue weighted by Gasteiger charge is -2.44. The Bertz CT molecular complexity index is 643. The van der Waals surface area contributed by atoms with Crippen LogP contribution in [0.2, 0.25) is 5.02 Å². The number of likely N-dealkylation sites (tertiary alicyclic amines) is 1. The predicted molar refractivity (Wildman–Crippen MR) is 89.1 cm³/mol. The van der Waals surface area contributed by atoms with Gasteiger partial charge in [-0.2, -0.15) is 0 Å². The average molecular weight is 353 g/mol. The zero-order chi connectivity index (χ0) is 17.3. The number of carbonyl (C=O) groups excluding carboxylic acids is 1. The summed E-state index contributed by atoms with van der Waals surface area (Å²) in [4.78, 5) is 28.4. The molecule has 1 atom stereocenters. The van der Waals surface area contributed by atoms with Crippen LogP contribution in [0.15, 0.2) is 24.3 Å². The van der Waals surface area contributed by atoms with E-state index < -0.39 is 17.7 Å². The summed E-state index contributed by atoms with van der Waals surface area (Å²) < 4.78 is 5.90. The summed E-state index contributed by atoms with van der Waals surface area (Å²) in [5.41, 5.74) is -0.543. The summed E-state index contributed by atoms with van der Waals surface area (Å²) >= 11 is 6.15. The van der Waals surface area contributed by atoms with Crippen LogP contribution in [0.3, 0.4) is 0 Å². The Morgan fingerprint density at radius 2 is 2.00 bits per heavy atom. The van der Waals surface area contributed by atoms with Gasteiger partial charge in [-0.15, -0.1) is 0 Å². The van der Waals surface area contributed by atoms with Crippen molar-refractivity contribution in [3.8, 4) is 0 Å². The first kappa shape index (κ1) is 17.2. The smallest absolute Gasteiger partial charge is 0.328 e. The SMILES string of the molecule is CCN1CCC2(CC1)OCC(C(=O)O)N2C(=O)c1ccccc1Cl. The van der Waals surface area contributed by atoms with Gasteiger partial charge in [0.1, 0.15) is 5.72 Å². The van der Waals surface area contributed by atoms with Crippen molar-refractivity contribution >= 4 is 23.5 Å². The molecule has 0 aliphatic carbocycles. The molecule has 1 spiro atoms. The standard InChI is InChI=1S/C17H21ClN2O4/c1-2-19-9-7-17(8-10-19)20(14(11-24-17)16(22)23)15(21)12-5-3-4-6-13(12)18/h3-6,14H,2,7-11H2,1H3,(H,22,23). The van der Waals surface area contributed by atoms with Crippen molar-refractivity contribution in [2.75, 3.05) is 26.2 Å². The van der Waals surface area contributed by atoms with Crippen LogP contribution in [0.1, 0.15) is 30.1 Å². The van der Waals surface area contributed by atoms with Gasteiger partial charge in [-0.3, -0.25) is 9.69 Å². The van der Waals surface area contributed by atoms with Crippen LogP contribution >= 0.6 is 11.6 Å². The van der Waals surface area contributed by atoms with Crippen LogP contribution in [-0.4, -0.2) is 64.8 Å². The maximum Gasteiger partial charge on any atom is 0.328 e. The van der Waals surface area contributed by atoms with Crippen LogP contribution < -0.4 is 0 Å². The fraction of sp³-hybridized carbons (Fsp3) is 0.529. The number of rotatable bonds is 3. The molecule has 2 heterocycles. The zero-order valence-corrected chi connectivity index (χ0v) is 14.3. The van der Waals surface area contributed by atoms with Gasteiger partial charge in [-0.05, 0) is 18.7 Å². The van der Waals surface area contributed by atoms with E-state index >= 15 is 0 Å². The molecule has 0 bridgehead atoms. The number of ether oxygens (including phenoxy) is 1. The summed E-state index contributed by atoms with van der Waals surface area (Å²) in [7, 11) is 0. The van der Waals surface area contributed by atoms with E-state index in [9.17, 15) is 14.7 Å². The van der Waals surface area contributed by atoms with Crippen molar-refractivity contribution < 1.29 is 19.4 Å². The molecule has 1 amide bonds. The van der Waals surface area contributed by atoms with Crippen molar-refractivity contribution in [1.29, 1.82) is 0 Å². The van der Waals surface area contributed by atoms with Gasteiger partial charge >= 0.3 is 5.97 Å². The average Bonchev–Trinajstić information content (AvgIpc) is 2.94. The lowest BCUT2D eigenvalue weighted by molar-refractivity contribution is -0.143. The molecule has 2 aliphatic rings. The second-order valence-electron chi connectivity index (χ2n) is 6.20. The van der Waals surface area contributed by atoms with Crippen molar-refractivity contribution in [3.63, 3.8) is 0 Å². The number of aliphatic carboxylic acids is 1. The number of carboxylic acid groups (broad SMARTS) is 1. The van der Waals surface area contributed by atoms with E-state index in [-0.39, 0.29) is 12.5 Å². The number of hydrogen-bond acceptors (Lipinski definition) is 4. The van der Waals surface area contributed by atoms with Gasteiger partial charge in [-0.25, -0.2) is 4.79 Å². The summed E-state index contributed by atoms with van der Waals surface area (Å²) in [6.07, 6.45) is 1.20. The van der Waals surface area contributed by atoms with Crippen LogP contribution in [0, 0.1) is 0 Å². The Kier molecular flexibility index (Phi) is 4.80. The Hall–Kier alpha value is -1.63. The molecule has 2 aliphatic heterocycles. The first-order valence-corrected chi connectivity index (χ1v) is 8.53. The van der Waals surface area contributed by atoms with Gasteiger partial charge in [-0.1, -0.05) is 30.7 Å². The molecule has 2 fully saturated rings. The monoisotopic (exact) mass is 352 g/mol. The number of amides is 1. The van der Waals surface area contributed by atoms with Gasteiger partial charge in [0, 0.05) is 25.9 Å². The Morgan fingerprint density at radius 3 is 2.58 bits per heavy atom. The summed E-state index contributed by atoms with van der Waals surface area (Å²) in [6, 6.07) is 5.73. The van der Waals surface area contributed by atoms with Gasteiger partial charge < -0.3 is 14.7 Å². The molecule has 6 nitrogen and oxygen atoms in total. The van der Waals surface area contributed by atoms with Crippen molar-refractivity contribution in [3.05, 3.63) is 34.9 Å². The van der Waals surface area contributed by atoms with E-state index in [1.807, 2.05) is 0 Å². The minimum Gasteiger partial charge on any atom is -0.480 e. The molecular weight excluding hydrogens is 332 g/mol. The Labute approximate surface area is 145 Å². The molecule has 2 saturated heterocycles. The fourth-order valence-electron chi connectivity index (χ4n) is 3.54. The number of nitrogens with zero attached hydrogens (tertiary/aromatic N) is 2. The van der Waals surface area contributed by atoms with E-state index in [1.165, 1.54) is 4.90 Å². The number of piperidine rings is 1. The molecule has 130 valence electrons. The van der Waals surface area contributed by atoms with Gasteiger partial charge in [0.15, 0.2) is 6.04 Å². The van der Waals surface area contributed by atoms with Gasteiger partial charge in [0.05, 0.1) is 17.2 Å². The van der Waals surface area contributed by atoms with Crippen LogP contribution in [0.5, 0.6) is 0 Å². The molecule has 1 unspecified atom stereocenters. The Morgan fingerprint density at radius 1 is 1.33 bits per heavy atom. The third-order valence-corrected chi connectivity index (χ3v) is 5.28. The molecular formula is C17H21ClN2O4. The zero-order valence-electron chi connectivity index (χ0n) is 13.6. The third-order valence-electron chi connectivity index (χ3n) is 4.95. The summed E-state index contributed by atoms with van der Waals surface area (Å²) in [5, 5.41) is 9.86. The van der Waals surface area contributed by atoms with Crippen LogP contribution in [0.4, 0.5) is 0 Å². The van der Waals surface area contributed by atoms with Gasteiger partial charge in [0.2, 0.25) is 0 Å². The maximum atomic E-state index is 13.1.